The van der Waals surface area contributed by atoms with E-state index in [9.17, 15) is 8.78 Å². The third-order valence-electron chi connectivity index (χ3n) is 1.99. The van der Waals surface area contributed by atoms with Gasteiger partial charge in [0.1, 0.15) is 0 Å². The highest BCUT2D eigenvalue weighted by molar-refractivity contribution is 5.29. The van der Waals surface area contributed by atoms with Crippen molar-refractivity contribution in [1.29, 1.82) is 0 Å². The molecule has 86 valence electrons. The van der Waals surface area contributed by atoms with E-state index in [1.807, 2.05) is 0 Å². The largest absolute Gasteiger partial charge is 0.326 e. The monoisotopic (exact) mass is 215 g/mol. The number of hydrogen-bond acceptors (Lipinski definition) is 1. The van der Waals surface area contributed by atoms with Gasteiger partial charge in [0.15, 0.2) is 0 Å². The van der Waals surface area contributed by atoms with Gasteiger partial charge in [-0.2, -0.15) is 0 Å². The molecular formula is C12H19F2N. The molecule has 1 aromatic carbocycles. The molecule has 1 aromatic rings. The first-order chi connectivity index (χ1) is 7.15. The Labute approximate surface area is 90.3 Å². The van der Waals surface area contributed by atoms with Crippen molar-refractivity contribution in [2.45, 2.75) is 26.8 Å². The summed E-state index contributed by atoms with van der Waals surface area (Å²) in [6.45, 7) is 3.75. The molecule has 1 rings (SSSR count). The molecule has 15 heavy (non-hydrogen) atoms. The number of rotatable bonds is 3. The highest BCUT2D eigenvalue weighted by Gasteiger charge is 1.93. The Morgan fingerprint density at radius 2 is 1.73 bits per heavy atom. The first-order valence-electron chi connectivity index (χ1n) is 5.03. The lowest BCUT2D eigenvalue weighted by atomic mass is 10.1. The maximum atomic E-state index is 10.8. The molecule has 0 bridgehead atoms. The molecule has 0 radical (unpaired) electrons. The molecule has 0 saturated carbocycles. The molecule has 0 saturated heterocycles. The molecule has 0 fully saturated rings. The number of halogens is 2. The van der Waals surface area contributed by atoms with E-state index in [1.54, 1.807) is 0 Å². The smallest absolute Gasteiger partial charge is 0.0919 e. The van der Waals surface area contributed by atoms with Crippen LogP contribution < -0.4 is 5.73 Å². The van der Waals surface area contributed by atoms with Gasteiger partial charge in [0.05, 0.1) is 13.3 Å². The fourth-order valence-corrected chi connectivity index (χ4v) is 1.07. The Bertz CT molecular complexity index is 272. The second kappa shape index (κ2) is 8.36. The predicted octanol–water partition coefficient (Wildman–Crippen LogP) is 3.08. The van der Waals surface area contributed by atoms with Crippen LogP contribution in [0.15, 0.2) is 18.2 Å². The summed E-state index contributed by atoms with van der Waals surface area (Å²) < 4.78 is 21.5. The highest BCUT2D eigenvalue weighted by atomic mass is 19.1. The van der Waals surface area contributed by atoms with Crippen LogP contribution in [0, 0.1) is 13.8 Å². The lowest BCUT2D eigenvalue weighted by Gasteiger charge is -2.02. The Balaban J connectivity index is 0.000000336. The van der Waals surface area contributed by atoms with Crippen LogP contribution >= 0.6 is 0 Å². The highest BCUT2D eigenvalue weighted by Crippen LogP contribution is 2.08. The maximum absolute atomic E-state index is 10.8. The minimum atomic E-state index is -0.531. The van der Waals surface area contributed by atoms with E-state index in [2.05, 4.69) is 32.0 Å². The summed E-state index contributed by atoms with van der Waals surface area (Å²) in [7, 11) is 0. The van der Waals surface area contributed by atoms with E-state index >= 15 is 0 Å². The van der Waals surface area contributed by atoms with Crippen LogP contribution in [0.4, 0.5) is 8.78 Å². The fourth-order valence-electron chi connectivity index (χ4n) is 1.07. The van der Waals surface area contributed by atoms with Gasteiger partial charge in [-0.1, -0.05) is 23.8 Å². The lowest BCUT2D eigenvalue weighted by Crippen LogP contribution is -1.98. The van der Waals surface area contributed by atoms with Crippen LogP contribution in [-0.2, 0) is 6.54 Å². The Kier molecular flexibility index (Phi) is 7.82. The quantitative estimate of drug-likeness (QED) is 0.823. The summed E-state index contributed by atoms with van der Waals surface area (Å²) >= 11 is 0. The van der Waals surface area contributed by atoms with Crippen LogP contribution in [0.3, 0.4) is 0 Å². The minimum absolute atomic E-state index is 0.0556. The standard InChI is InChI=1S/C9H13N.C3H6F2/c1-7-3-4-8(2)9(5-7)6-10;4-2-1-3-5/h3-5H,6,10H2,1-2H3;1-3H2. The average molecular weight is 215 g/mol. The van der Waals surface area contributed by atoms with E-state index in [-0.39, 0.29) is 6.42 Å². The van der Waals surface area contributed by atoms with Gasteiger partial charge in [-0.25, -0.2) is 0 Å². The normalized spacial score (nSPS) is 9.40. The van der Waals surface area contributed by atoms with Crippen molar-refractivity contribution in [1.82, 2.24) is 0 Å². The van der Waals surface area contributed by atoms with Crippen molar-refractivity contribution < 1.29 is 8.78 Å². The summed E-state index contributed by atoms with van der Waals surface area (Å²) in [6, 6.07) is 6.35. The van der Waals surface area contributed by atoms with Crippen LogP contribution in [0.25, 0.3) is 0 Å². The number of hydrogen-bond donors (Lipinski definition) is 1. The number of aryl methyl sites for hydroxylation is 2. The van der Waals surface area contributed by atoms with Gasteiger partial charge in [-0.05, 0) is 25.0 Å². The lowest BCUT2D eigenvalue weighted by molar-refractivity contribution is 0.398. The first kappa shape index (κ1) is 14.0. The summed E-state index contributed by atoms with van der Waals surface area (Å²) in [5, 5.41) is 0. The van der Waals surface area contributed by atoms with Crippen molar-refractivity contribution in [3.05, 3.63) is 34.9 Å². The molecule has 1 nitrogen and oxygen atoms in total. The average Bonchev–Trinajstić information content (AvgIpc) is 2.24. The Morgan fingerprint density at radius 3 is 2.07 bits per heavy atom. The zero-order valence-electron chi connectivity index (χ0n) is 9.39. The molecule has 0 aliphatic rings. The Morgan fingerprint density at radius 1 is 1.13 bits per heavy atom. The van der Waals surface area contributed by atoms with Gasteiger partial charge in [-0.3, -0.25) is 8.78 Å². The van der Waals surface area contributed by atoms with Gasteiger partial charge in [0.2, 0.25) is 0 Å². The van der Waals surface area contributed by atoms with E-state index in [0.29, 0.717) is 6.54 Å². The zero-order valence-corrected chi connectivity index (χ0v) is 9.39. The number of benzene rings is 1. The van der Waals surface area contributed by atoms with Crippen LogP contribution in [-0.4, -0.2) is 13.3 Å². The van der Waals surface area contributed by atoms with Crippen molar-refractivity contribution in [2.75, 3.05) is 13.3 Å². The van der Waals surface area contributed by atoms with E-state index < -0.39 is 13.3 Å². The zero-order chi connectivity index (χ0) is 11.7. The van der Waals surface area contributed by atoms with Crippen LogP contribution in [0.2, 0.25) is 0 Å². The van der Waals surface area contributed by atoms with Crippen LogP contribution in [0.5, 0.6) is 0 Å². The van der Waals surface area contributed by atoms with Gasteiger partial charge in [0.25, 0.3) is 0 Å². The molecule has 0 spiro atoms. The molecule has 0 aliphatic heterocycles. The molecular weight excluding hydrogens is 196 g/mol. The second-order valence-electron chi connectivity index (χ2n) is 3.37. The topological polar surface area (TPSA) is 26.0 Å². The molecule has 0 atom stereocenters. The summed E-state index contributed by atoms with van der Waals surface area (Å²) in [5.41, 5.74) is 9.34. The maximum Gasteiger partial charge on any atom is 0.0919 e. The van der Waals surface area contributed by atoms with E-state index in [1.165, 1.54) is 16.7 Å². The van der Waals surface area contributed by atoms with Gasteiger partial charge >= 0.3 is 0 Å². The molecule has 0 aromatic heterocycles. The molecule has 0 heterocycles. The van der Waals surface area contributed by atoms with E-state index in [0.717, 1.165) is 0 Å². The number of alkyl halides is 2. The molecule has 0 unspecified atom stereocenters. The predicted molar refractivity (Wildman–Crippen MR) is 60.4 cm³/mol. The Hall–Kier alpha value is -0.960. The molecule has 0 aliphatic carbocycles. The van der Waals surface area contributed by atoms with Crippen LogP contribution in [0.1, 0.15) is 23.1 Å². The van der Waals surface area contributed by atoms with Gasteiger partial charge in [0, 0.05) is 13.0 Å². The summed E-state index contributed by atoms with van der Waals surface area (Å²) in [6.07, 6.45) is 0.0556. The summed E-state index contributed by atoms with van der Waals surface area (Å²) in [5.74, 6) is 0. The van der Waals surface area contributed by atoms with E-state index in [4.69, 9.17) is 5.73 Å². The second-order valence-corrected chi connectivity index (χ2v) is 3.37. The summed E-state index contributed by atoms with van der Waals surface area (Å²) in [4.78, 5) is 0. The third kappa shape index (κ3) is 6.18. The van der Waals surface area contributed by atoms with Crippen molar-refractivity contribution in [3.63, 3.8) is 0 Å². The van der Waals surface area contributed by atoms with Gasteiger partial charge in [-0.15, -0.1) is 0 Å². The van der Waals surface area contributed by atoms with Crippen molar-refractivity contribution in [3.8, 4) is 0 Å². The third-order valence-corrected chi connectivity index (χ3v) is 1.99. The van der Waals surface area contributed by atoms with Crippen molar-refractivity contribution in [2.24, 2.45) is 5.73 Å². The molecule has 0 amide bonds. The van der Waals surface area contributed by atoms with Crippen molar-refractivity contribution >= 4 is 0 Å². The molecule has 3 heteroatoms. The minimum Gasteiger partial charge on any atom is -0.326 e. The first-order valence-corrected chi connectivity index (χ1v) is 5.03. The fraction of sp³-hybridized carbons (Fsp3) is 0.500. The molecule has 2 N–H and O–H groups in total. The SMILES string of the molecule is Cc1ccc(C)c(CN)c1.FCCCF. The van der Waals surface area contributed by atoms with Gasteiger partial charge < -0.3 is 5.73 Å². The number of nitrogens with two attached hydrogens (primary N) is 1.